The van der Waals surface area contributed by atoms with Crippen LogP contribution in [0.5, 0.6) is 5.75 Å². The number of nitrogens with zero attached hydrogens (tertiary/aromatic N) is 2. The van der Waals surface area contributed by atoms with Gasteiger partial charge in [0, 0.05) is 11.8 Å². The van der Waals surface area contributed by atoms with E-state index < -0.39 is 5.91 Å². The van der Waals surface area contributed by atoms with Crippen molar-refractivity contribution in [3.8, 4) is 5.75 Å². The molecule has 0 unspecified atom stereocenters. The number of furan rings is 1. The first kappa shape index (κ1) is 20.7. The Kier molecular flexibility index (Phi) is 6.04. The van der Waals surface area contributed by atoms with Crippen LogP contribution in [-0.4, -0.2) is 15.7 Å². The van der Waals surface area contributed by atoms with Crippen LogP contribution in [0.3, 0.4) is 0 Å². The van der Waals surface area contributed by atoms with E-state index in [9.17, 15) is 9.18 Å². The Morgan fingerprint density at radius 3 is 2.74 bits per heavy atom. The van der Waals surface area contributed by atoms with Gasteiger partial charge in [0.1, 0.15) is 29.0 Å². The molecule has 0 atom stereocenters. The summed E-state index contributed by atoms with van der Waals surface area (Å²) in [5, 5.41) is 7.07. The molecule has 31 heavy (non-hydrogen) atoms. The molecule has 2 heterocycles. The summed E-state index contributed by atoms with van der Waals surface area (Å²) in [4.78, 5) is 12.5. The van der Waals surface area contributed by atoms with Gasteiger partial charge in [0.15, 0.2) is 11.6 Å². The Bertz CT molecular complexity index is 1220. The molecule has 0 aliphatic carbocycles. The zero-order valence-corrected chi connectivity index (χ0v) is 17.4. The molecule has 4 rings (SSSR count). The van der Waals surface area contributed by atoms with E-state index in [-0.39, 0.29) is 35.6 Å². The number of aromatic nitrogens is 2. The van der Waals surface area contributed by atoms with E-state index in [2.05, 4.69) is 10.4 Å². The predicted octanol–water partition coefficient (Wildman–Crippen LogP) is 5.46. The number of rotatable bonds is 7. The van der Waals surface area contributed by atoms with Crippen LogP contribution in [-0.2, 0) is 13.2 Å². The minimum Gasteiger partial charge on any atom is -0.485 e. The summed E-state index contributed by atoms with van der Waals surface area (Å²) in [5.74, 6) is 0.679. The van der Waals surface area contributed by atoms with E-state index >= 15 is 0 Å². The largest absolute Gasteiger partial charge is 0.485 e. The number of nitrogens with one attached hydrogen (secondary N) is 1. The quantitative estimate of drug-likeness (QED) is 0.415. The van der Waals surface area contributed by atoms with Gasteiger partial charge in [-0.3, -0.25) is 9.48 Å². The summed E-state index contributed by atoms with van der Waals surface area (Å²) in [5.41, 5.74) is 1.47. The average molecular weight is 440 g/mol. The molecule has 158 valence electrons. The fraction of sp³-hybridized carbons (Fsp3) is 0.130. The van der Waals surface area contributed by atoms with Crippen molar-refractivity contribution in [1.82, 2.24) is 9.78 Å². The predicted molar refractivity (Wildman–Crippen MR) is 115 cm³/mol. The third-order valence-electron chi connectivity index (χ3n) is 4.59. The van der Waals surface area contributed by atoms with Crippen molar-refractivity contribution >= 4 is 23.3 Å². The topological polar surface area (TPSA) is 69.3 Å². The third-order valence-corrected chi connectivity index (χ3v) is 4.86. The van der Waals surface area contributed by atoms with E-state index in [1.807, 2.05) is 31.2 Å². The van der Waals surface area contributed by atoms with Crippen molar-refractivity contribution < 1.29 is 18.3 Å². The van der Waals surface area contributed by atoms with Crippen molar-refractivity contribution in [1.29, 1.82) is 0 Å². The molecule has 2 aromatic carbocycles. The average Bonchev–Trinajstić information content (AvgIpc) is 3.36. The van der Waals surface area contributed by atoms with Crippen LogP contribution in [0.15, 0.2) is 71.3 Å². The van der Waals surface area contributed by atoms with Crippen LogP contribution < -0.4 is 10.1 Å². The Morgan fingerprint density at radius 2 is 1.94 bits per heavy atom. The van der Waals surface area contributed by atoms with Gasteiger partial charge in [-0.2, -0.15) is 5.10 Å². The lowest BCUT2D eigenvalue weighted by atomic mass is 10.2. The van der Waals surface area contributed by atoms with Crippen molar-refractivity contribution in [2.75, 3.05) is 5.32 Å². The molecular formula is C23H19ClFN3O3. The highest BCUT2D eigenvalue weighted by Crippen LogP contribution is 2.22. The lowest BCUT2D eigenvalue weighted by Crippen LogP contribution is -2.12. The molecule has 6 nitrogen and oxygen atoms in total. The van der Waals surface area contributed by atoms with Gasteiger partial charge >= 0.3 is 0 Å². The molecule has 1 amide bonds. The number of carbonyl (C=O) groups excluding carboxylic acids is 1. The number of hydrogen-bond donors (Lipinski definition) is 1. The first-order valence-electron chi connectivity index (χ1n) is 9.54. The van der Waals surface area contributed by atoms with Crippen molar-refractivity contribution in [3.05, 3.63) is 100 Å². The fourth-order valence-electron chi connectivity index (χ4n) is 2.98. The lowest BCUT2D eigenvalue weighted by Gasteiger charge is -2.06. The summed E-state index contributed by atoms with van der Waals surface area (Å²) in [6, 6.07) is 17.2. The molecular weight excluding hydrogens is 421 g/mol. The Morgan fingerprint density at radius 1 is 1.16 bits per heavy atom. The summed E-state index contributed by atoms with van der Waals surface area (Å²) in [7, 11) is 0. The third kappa shape index (κ3) is 4.95. The van der Waals surface area contributed by atoms with E-state index in [0.717, 1.165) is 11.3 Å². The normalized spacial score (nSPS) is 10.8. The number of ether oxygens (including phenoxy) is 1. The van der Waals surface area contributed by atoms with E-state index in [1.54, 1.807) is 30.3 Å². The Labute approximate surface area is 183 Å². The number of carbonyl (C=O) groups is 1. The van der Waals surface area contributed by atoms with Crippen LogP contribution in [0.4, 0.5) is 10.2 Å². The maximum Gasteiger partial charge on any atom is 0.292 e. The highest BCUT2D eigenvalue weighted by molar-refractivity contribution is 6.33. The minimum absolute atomic E-state index is 0.100. The first-order valence-corrected chi connectivity index (χ1v) is 9.92. The lowest BCUT2D eigenvalue weighted by molar-refractivity contribution is 0.0992. The molecule has 0 aliphatic heterocycles. The second-order valence-electron chi connectivity index (χ2n) is 6.89. The van der Waals surface area contributed by atoms with Crippen LogP contribution in [0.25, 0.3) is 0 Å². The molecule has 0 spiro atoms. The fourth-order valence-corrected chi connectivity index (χ4v) is 3.18. The smallest absolute Gasteiger partial charge is 0.292 e. The van der Waals surface area contributed by atoms with E-state index in [0.29, 0.717) is 11.3 Å². The molecule has 0 fully saturated rings. The van der Waals surface area contributed by atoms with Crippen molar-refractivity contribution in [2.45, 2.75) is 20.1 Å². The molecule has 8 heteroatoms. The summed E-state index contributed by atoms with van der Waals surface area (Å²) >= 11 is 6.18. The zero-order valence-electron chi connectivity index (χ0n) is 16.6. The number of para-hydroxylation sites is 1. The Balaban J connectivity index is 1.39. The van der Waals surface area contributed by atoms with Gasteiger partial charge in [-0.25, -0.2) is 4.39 Å². The van der Waals surface area contributed by atoms with Crippen LogP contribution >= 0.6 is 11.6 Å². The molecule has 2 aromatic heterocycles. The number of hydrogen-bond acceptors (Lipinski definition) is 4. The van der Waals surface area contributed by atoms with E-state index in [1.165, 1.54) is 16.9 Å². The van der Waals surface area contributed by atoms with Gasteiger partial charge in [-0.1, -0.05) is 48.0 Å². The summed E-state index contributed by atoms with van der Waals surface area (Å²) in [6.45, 7) is 2.32. The van der Waals surface area contributed by atoms with Gasteiger partial charge in [0.05, 0.1) is 6.54 Å². The zero-order chi connectivity index (χ0) is 21.8. The first-order chi connectivity index (χ1) is 15.0. The Hall–Kier alpha value is -3.58. The molecule has 1 N–H and O–H groups in total. The van der Waals surface area contributed by atoms with Crippen LogP contribution in [0.2, 0.25) is 5.02 Å². The number of halogens is 2. The van der Waals surface area contributed by atoms with Crippen molar-refractivity contribution in [3.63, 3.8) is 0 Å². The van der Waals surface area contributed by atoms with Crippen molar-refractivity contribution in [2.24, 2.45) is 0 Å². The SMILES string of the molecule is Cc1ccccc1OCc1ccc(C(=O)Nc2nn(Cc3ccccc3F)cc2Cl)o1. The van der Waals surface area contributed by atoms with Gasteiger partial charge in [0.2, 0.25) is 0 Å². The van der Waals surface area contributed by atoms with Gasteiger partial charge in [-0.15, -0.1) is 0 Å². The number of benzene rings is 2. The second-order valence-corrected chi connectivity index (χ2v) is 7.30. The number of aryl methyl sites for hydroxylation is 1. The van der Waals surface area contributed by atoms with Crippen LogP contribution in [0, 0.1) is 12.7 Å². The molecule has 0 bridgehead atoms. The van der Waals surface area contributed by atoms with Gasteiger partial charge in [0.25, 0.3) is 5.91 Å². The molecule has 0 saturated heterocycles. The minimum atomic E-state index is -0.500. The monoisotopic (exact) mass is 439 g/mol. The molecule has 0 radical (unpaired) electrons. The maximum absolute atomic E-state index is 13.8. The van der Waals surface area contributed by atoms with E-state index in [4.69, 9.17) is 20.8 Å². The molecule has 0 saturated carbocycles. The number of anilines is 1. The second kappa shape index (κ2) is 9.06. The summed E-state index contributed by atoms with van der Waals surface area (Å²) in [6.07, 6.45) is 1.52. The molecule has 4 aromatic rings. The summed E-state index contributed by atoms with van der Waals surface area (Å²) < 4.78 is 26.6. The van der Waals surface area contributed by atoms with Gasteiger partial charge < -0.3 is 14.5 Å². The van der Waals surface area contributed by atoms with Crippen LogP contribution in [0.1, 0.15) is 27.4 Å². The highest BCUT2D eigenvalue weighted by Gasteiger charge is 2.16. The van der Waals surface area contributed by atoms with Gasteiger partial charge in [-0.05, 0) is 36.8 Å². The highest BCUT2D eigenvalue weighted by atomic mass is 35.5. The molecule has 0 aliphatic rings. The standard InChI is InChI=1S/C23H19ClFN3O3/c1-15-6-2-5-9-20(15)30-14-17-10-11-21(31-17)23(29)26-22-18(24)13-28(27-22)12-16-7-3-4-8-19(16)25/h2-11,13H,12,14H2,1H3,(H,26,27,29). The number of amides is 1. The maximum atomic E-state index is 13.8.